The van der Waals surface area contributed by atoms with Crippen molar-refractivity contribution in [3.8, 4) is 0 Å². The van der Waals surface area contributed by atoms with E-state index in [1.165, 1.54) is 18.4 Å². The van der Waals surface area contributed by atoms with E-state index < -0.39 is 0 Å². The summed E-state index contributed by atoms with van der Waals surface area (Å²) >= 11 is 1.54. The molecule has 0 radical (unpaired) electrons. The van der Waals surface area contributed by atoms with E-state index >= 15 is 0 Å². The van der Waals surface area contributed by atoms with Gasteiger partial charge in [0, 0.05) is 51.9 Å². The number of thiophene rings is 1. The number of carbonyl (C=O) groups is 2. The predicted molar refractivity (Wildman–Crippen MR) is 125 cm³/mol. The van der Waals surface area contributed by atoms with Crippen LogP contribution >= 0.6 is 11.3 Å². The Bertz CT molecular complexity index is 877. The molecule has 4 rings (SSSR count). The first kappa shape index (κ1) is 22.0. The molecule has 4 heterocycles. The molecule has 0 aliphatic carbocycles. The van der Waals surface area contributed by atoms with Gasteiger partial charge in [-0.2, -0.15) is 0 Å². The van der Waals surface area contributed by atoms with Gasteiger partial charge in [-0.3, -0.25) is 14.5 Å². The second-order valence-electron chi connectivity index (χ2n) is 8.71. The highest BCUT2D eigenvalue weighted by atomic mass is 32.1. The van der Waals surface area contributed by atoms with Crippen LogP contribution in [0.3, 0.4) is 0 Å². The molecule has 6 nitrogen and oxygen atoms in total. The summed E-state index contributed by atoms with van der Waals surface area (Å²) < 4.78 is 0. The maximum Gasteiger partial charge on any atom is 0.222 e. The van der Waals surface area contributed by atoms with Crippen LogP contribution in [0, 0.1) is 5.92 Å². The van der Waals surface area contributed by atoms with Crippen molar-refractivity contribution in [1.82, 2.24) is 14.8 Å². The topological polar surface area (TPSA) is 56.8 Å². The average Bonchev–Trinajstić information content (AvgIpc) is 3.27. The van der Waals surface area contributed by atoms with E-state index in [-0.39, 0.29) is 5.78 Å². The Balaban J connectivity index is 1.20. The van der Waals surface area contributed by atoms with Crippen molar-refractivity contribution in [2.45, 2.75) is 39.2 Å². The van der Waals surface area contributed by atoms with Gasteiger partial charge in [-0.25, -0.2) is 4.98 Å². The standard InChI is InChI=1S/C24H32N4O2S/c1-19(29)22-15-21(18-31-22)17-26-10-4-5-20(16-26)7-8-24(30)28-13-11-27(12-14-28)23-6-2-3-9-25-23/h2-3,6,9,15,18,20H,4-5,7-8,10-14,16-17H2,1H3. The summed E-state index contributed by atoms with van der Waals surface area (Å²) in [6.07, 6.45) is 5.83. The number of amides is 1. The third-order valence-corrected chi connectivity index (χ3v) is 7.46. The zero-order chi connectivity index (χ0) is 21.6. The Morgan fingerprint density at radius 3 is 2.71 bits per heavy atom. The van der Waals surface area contributed by atoms with Crippen molar-refractivity contribution < 1.29 is 9.59 Å². The number of nitrogens with zero attached hydrogens (tertiary/aromatic N) is 4. The number of piperazine rings is 1. The summed E-state index contributed by atoms with van der Waals surface area (Å²) in [5, 5.41) is 2.11. The van der Waals surface area contributed by atoms with Gasteiger partial charge < -0.3 is 9.80 Å². The Labute approximate surface area is 188 Å². The molecule has 1 unspecified atom stereocenters. The number of piperidine rings is 1. The van der Waals surface area contributed by atoms with E-state index in [4.69, 9.17) is 0 Å². The SMILES string of the molecule is CC(=O)c1cc(CN2CCCC(CCC(=O)N3CCN(c4ccccn4)CC3)C2)cs1. The van der Waals surface area contributed by atoms with Gasteiger partial charge in [-0.05, 0) is 67.8 Å². The molecule has 2 fully saturated rings. The van der Waals surface area contributed by atoms with Crippen LogP contribution in [0.25, 0.3) is 0 Å². The van der Waals surface area contributed by atoms with Crippen LogP contribution in [-0.4, -0.2) is 65.7 Å². The van der Waals surface area contributed by atoms with Crippen molar-refractivity contribution in [3.05, 3.63) is 46.3 Å². The fraction of sp³-hybridized carbons (Fsp3) is 0.542. The molecule has 2 aromatic rings. The average molecular weight is 441 g/mol. The van der Waals surface area contributed by atoms with Gasteiger partial charge >= 0.3 is 0 Å². The lowest BCUT2D eigenvalue weighted by Crippen LogP contribution is -2.49. The molecule has 0 N–H and O–H groups in total. The van der Waals surface area contributed by atoms with E-state index in [0.717, 1.165) is 62.9 Å². The van der Waals surface area contributed by atoms with E-state index in [2.05, 4.69) is 20.2 Å². The van der Waals surface area contributed by atoms with Crippen LogP contribution in [0.5, 0.6) is 0 Å². The van der Waals surface area contributed by atoms with Crippen LogP contribution < -0.4 is 4.90 Å². The number of rotatable bonds is 7. The number of pyridine rings is 1. The Morgan fingerprint density at radius 2 is 2.00 bits per heavy atom. The quantitative estimate of drug-likeness (QED) is 0.615. The third kappa shape index (κ3) is 5.92. The summed E-state index contributed by atoms with van der Waals surface area (Å²) in [4.78, 5) is 36.3. The van der Waals surface area contributed by atoms with Crippen molar-refractivity contribution >= 4 is 28.8 Å². The van der Waals surface area contributed by atoms with Gasteiger partial charge in [0.05, 0.1) is 4.88 Å². The van der Waals surface area contributed by atoms with Gasteiger partial charge in [-0.1, -0.05) is 6.07 Å². The van der Waals surface area contributed by atoms with Gasteiger partial charge in [0.15, 0.2) is 5.78 Å². The molecule has 1 amide bonds. The van der Waals surface area contributed by atoms with Crippen LogP contribution in [-0.2, 0) is 11.3 Å². The second-order valence-corrected chi connectivity index (χ2v) is 9.62. The van der Waals surface area contributed by atoms with Crippen LogP contribution in [0.1, 0.15) is 47.8 Å². The van der Waals surface area contributed by atoms with E-state index in [0.29, 0.717) is 18.2 Å². The number of ketones is 1. The number of hydrogen-bond acceptors (Lipinski definition) is 6. The summed E-state index contributed by atoms with van der Waals surface area (Å²) in [5.74, 6) is 2.02. The molecular weight excluding hydrogens is 408 g/mol. The third-order valence-electron chi connectivity index (χ3n) is 6.38. The molecule has 2 aliphatic rings. The van der Waals surface area contributed by atoms with Crippen molar-refractivity contribution in [1.29, 1.82) is 0 Å². The summed E-state index contributed by atoms with van der Waals surface area (Å²) in [6, 6.07) is 8.00. The molecule has 0 saturated carbocycles. The highest BCUT2D eigenvalue weighted by Crippen LogP contribution is 2.25. The van der Waals surface area contributed by atoms with Crippen LogP contribution in [0.15, 0.2) is 35.8 Å². The van der Waals surface area contributed by atoms with E-state index in [1.54, 1.807) is 18.3 Å². The maximum absolute atomic E-state index is 12.8. The molecular formula is C24H32N4O2S. The first-order valence-corrected chi connectivity index (χ1v) is 12.2. The zero-order valence-corrected chi connectivity index (χ0v) is 19.1. The first-order valence-electron chi connectivity index (χ1n) is 11.3. The van der Waals surface area contributed by atoms with Crippen LogP contribution in [0.2, 0.25) is 0 Å². The molecule has 31 heavy (non-hydrogen) atoms. The highest BCUT2D eigenvalue weighted by molar-refractivity contribution is 7.12. The predicted octanol–water partition coefficient (Wildman–Crippen LogP) is 3.69. The molecule has 0 bridgehead atoms. The minimum absolute atomic E-state index is 0.146. The van der Waals surface area contributed by atoms with E-state index in [9.17, 15) is 9.59 Å². The first-order chi connectivity index (χ1) is 15.1. The molecule has 0 spiro atoms. The van der Waals surface area contributed by atoms with Crippen molar-refractivity contribution in [3.63, 3.8) is 0 Å². The molecule has 2 saturated heterocycles. The molecule has 166 valence electrons. The molecule has 2 aromatic heterocycles. The monoisotopic (exact) mass is 440 g/mol. The number of hydrogen-bond donors (Lipinski definition) is 0. The van der Waals surface area contributed by atoms with E-state index in [1.807, 2.05) is 35.4 Å². The summed E-state index contributed by atoms with van der Waals surface area (Å²) in [5.41, 5.74) is 1.23. The normalized spacial score (nSPS) is 20.1. The molecule has 1 atom stereocenters. The van der Waals surface area contributed by atoms with Gasteiger partial charge in [0.2, 0.25) is 5.91 Å². The molecule has 2 aliphatic heterocycles. The zero-order valence-electron chi connectivity index (χ0n) is 18.3. The Morgan fingerprint density at radius 1 is 1.16 bits per heavy atom. The van der Waals surface area contributed by atoms with Crippen LogP contribution in [0.4, 0.5) is 5.82 Å². The number of aromatic nitrogens is 1. The number of carbonyl (C=O) groups excluding carboxylic acids is 2. The number of anilines is 1. The summed E-state index contributed by atoms with van der Waals surface area (Å²) in [7, 11) is 0. The Kier molecular flexibility index (Phi) is 7.35. The smallest absolute Gasteiger partial charge is 0.222 e. The fourth-order valence-corrected chi connectivity index (χ4v) is 5.45. The largest absolute Gasteiger partial charge is 0.353 e. The highest BCUT2D eigenvalue weighted by Gasteiger charge is 2.25. The lowest BCUT2D eigenvalue weighted by atomic mass is 9.93. The minimum Gasteiger partial charge on any atom is -0.353 e. The van der Waals surface area contributed by atoms with Crippen molar-refractivity contribution in [2.75, 3.05) is 44.2 Å². The van der Waals surface area contributed by atoms with Gasteiger partial charge in [-0.15, -0.1) is 11.3 Å². The molecule has 7 heteroatoms. The lowest BCUT2D eigenvalue weighted by molar-refractivity contribution is -0.131. The Hall–Kier alpha value is -2.25. The maximum atomic E-state index is 12.8. The number of likely N-dealkylation sites (tertiary alicyclic amines) is 1. The fourth-order valence-electron chi connectivity index (χ4n) is 4.64. The number of Topliss-reactive ketones (excluding diaryl/α,β-unsaturated/α-hetero) is 1. The minimum atomic E-state index is 0.146. The second kappa shape index (κ2) is 10.4. The van der Waals surface area contributed by atoms with Gasteiger partial charge in [0.1, 0.15) is 5.82 Å². The van der Waals surface area contributed by atoms with Crippen molar-refractivity contribution in [2.24, 2.45) is 5.92 Å². The van der Waals surface area contributed by atoms with Gasteiger partial charge in [0.25, 0.3) is 0 Å². The summed E-state index contributed by atoms with van der Waals surface area (Å²) in [6.45, 7) is 7.94. The lowest BCUT2D eigenvalue weighted by Gasteiger charge is -2.36. The molecule has 0 aromatic carbocycles.